The third-order valence-corrected chi connectivity index (χ3v) is 3.01. The number of rotatable bonds is 5. The molecule has 0 fully saturated rings. The SMILES string of the molecule is CC(C)(C)OC(=O)C(CCc1ccccc1)C(N)(O)Cl. The number of esters is 1. The van der Waals surface area contributed by atoms with Crippen LogP contribution in [0.25, 0.3) is 0 Å². The Morgan fingerprint density at radius 3 is 2.35 bits per heavy atom. The highest BCUT2D eigenvalue weighted by atomic mass is 35.5. The minimum Gasteiger partial charge on any atom is -0.460 e. The van der Waals surface area contributed by atoms with E-state index in [1.165, 1.54) is 0 Å². The molecule has 1 rings (SSSR count). The Bertz CT molecular complexity index is 435. The molecule has 0 aliphatic rings. The van der Waals surface area contributed by atoms with E-state index in [1.54, 1.807) is 20.8 Å². The lowest BCUT2D eigenvalue weighted by Crippen LogP contribution is -2.47. The number of hydrogen-bond acceptors (Lipinski definition) is 4. The van der Waals surface area contributed by atoms with Crippen molar-refractivity contribution in [3.63, 3.8) is 0 Å². The van der Waals surface area contributed by atoms with Gasteiger partial charge in [-0.25, -0.2) is 0 Å². The van der Waals surface area contributed by atoms with E-state index in [-0.39, 0.29) is 0 Å². The molecule has 0 aliphatic heterocycles. The van der Waals surface area contributed by atoms with E-state index in [0.717, 1.165) is 5.56 Å². The van der Waals surface area contributed by atoms with Crippen molar-refractivity contribution in [3.8, 4) is 0 Å². The van der Waals surface area contributed by atoms with Crippen molar-refractivity contribution in [2.45, 2.75) is 44.4 Å². The zero-order chi connectivity index (χ0) is 15.4. The quantitative estimate of drug-likeness (QED) is 0.379. The minimum atomic E-state index is -2.11. The molecule has 2 unspecified atom stereocenters. The number of aryl methyl sites for hydroxylation is 1. The second-order valence-corrected chi connectivity index (χ2v) is 6.44. The Kier molecular flexibility index (Phi) is 5.57. The fraction of sp³-hybridized carbons (Fsp3) is 0.533. The van der Waals surface area contributed by atoms with Crippen LogP contribution in [0, 0.1) is 5.92 Å². The summed E-state index contributed by atoms with van der Waals surface area (Å²) in [5, 5.41) is 7.65. The van der Waals surface area contributed by atoms with Crippen LogP contribution < -0.4 is 5.73 Å². The van der Waals surface area contributed by atoms with Crippen LogP contribution in [0.1, 0.15) is 32.8 Å². The second kappa shape index (κ2) is 6.57. The molecule has 0 bridgehead atoms. The summed E-state index contributed by atoms with van der Waals surface area (Å²) in [7, 11) is 0. The molecule has 3 N–H and O–H groups in total. The van der Waals surface area contributed by atoms with Crippen molar-refractivity contribution in [2.24, 2.45) is 11.7 Å². The molecule has 1 aromatic carbocycles. The molecule has 0 aliphatic carbocycles. The van der Waals surface area contributed by atoms with Gasteiger partial charge in [0.1, 0.15) is 11.5 Å². The molecule has 0 saturated carbocycles. The van der Waals surface area contributed by atoms with Gasteiger partial charge in [0.05, 0.1) is 0 Å². The molecule has 20 heavy (non-hydrogen) atoms. The summed E-state index contributed by atoms with van der Waals surface area (Å²) in [5.41, 5.74) is 5.88. The van der Waals surface area contributed by atoms with Crippen molar-refractivity contribution in [1.29, 1.82) is 0 Å². The van der Waals surface area contributed by atoms with E-state index in [1.807, 2.05) is 30.3 Å². The van der Waals surface area contributed by atoms with Crippen LogP contribution >= 0.6 is 11.6 Å². The highest BCUT2D eigenvalue weighted by Gasteiger charge is 2.38. The first kappa shape index (κ1) is 17.0. The number of aliphatic hydroxyl groups is 1. The fourth-order valence-corrected chi connectivity index (χ4v) is 2.01. The molecular formula is C15H22ClNO3. The summed E-state index contributed by atoms with van der Waals surface area (Å²) < 4.78 is 5.25. The van der Waals surface area contributed by atoms with Crippen LogP contribution in [0.4, 0.5) is 0 Å². The van der Waals surface area contributed by atoms with Gasteiger partial charge in [-0.1, -0.05) is 41.9 Å². The fourth-order valence-electron chi connectivity index (χ4n) is 1.81. The number of nitrogens with two attached hydrogens (primary N) is 1. The van der Waals surface area contributed by atoms with E-state index in [4.69, 9.17) is 22.1 Å². The molecule has 0 spiro atoms. The molecule has 1 aromatic rings. The van der Waals surface area contributed by atoms with Gasteiger partial charge in [-0.05, 0) is 39.2 Å². The van der Waals surface area contributed by atoms with Crippen LogP contribution in [0.15, 0.2) is 30.3 Å². The van der Waals surface area contributed by atoms with Crippen molar-refractivity contribution in [1.82, 2.24) is 0 Å². The van der Waals surface area contributed by atoms with E-state index < -0.39 is 22.7 Å². The molecule has 0 radical (unpaired) electrons. The molecule has 2 atom stereocenters. The monoisotopic (exact) mass is 299 g/mol. The lowest BCUT2D eigenvalue weighted by molar-refractivity contribution is -0.165. The Morgan fingerprint density at radius 2 is 1.90 bits per heavy atom. The normalized spacial score (nSPS) is 16.3. The van der Waals surface area contributed by atoms with E-state index in [9.17, 15) is 9.90 Å². The molecule has 0 saturated heterocycles. The van der Waals surface area contributed by atoms with Crippen molar-refractivity contribution in [3.05, 3.63) is 35.9 Å². The number of carbonyl (C=O) groups is 1. The Morgan fingerprint density at radius 1 is 1.35 bits per heavy atom. The Hall–Kier alpha value is -1.10. The number of halogens is 1. The van der Waals surface area contributed by atoms with Gasteiger partial charge in [0.25, 0.3) is 0 Å². The molecule has 0 heterocycles. The third-order valence-electron chi connectivity index (χ3n) is 2.74. The highest BCUT2D eigenvalue weighted by molar-refractivity contribution is 6.23. The maximum atomic E-state index is 12.1. The highest BCUT2D eigenvalue weighted by Crippen LogP contribution is 2.25. The lowest BCUT2D eigenvalue weighted by Gasteiger charge is -2.29. The number of hydrogen-bond donors (Lipinski definition) is 2. The molecular weight excluding hydrogens is 278 g/mol. The molecule has 5 heteroatoms. The average molecular weight is 300 g/mol. The van der Waals surface area contributed by atoms with Crippen LogP contribution in [0.5, 0.6) is 0 Å². The second-order valence-electron chi connectivity index (χ2n) is 5.84. The van der Waals surface area contributed by atoms with Gasteiger partial charge in [0.15, 0.2) is 0 Å². The smallest absolute Gasteiger partial charge is 0.315 e. The van der Waals surface area contributed by atoms with Gasteiger partial charge in [-0.3, -0.25) is 10.5 Å². The van der Waals surface area contributed by atoms with Gasteiger partial charge < -0.3 is 9.84 Å². The number of benzene rings is 1. The largest absolute Gasteiger partial charge is 0.460 e. The topological polar surface area (TPSA) is 72.5 Å². The first-order valence-electron chi connectivity index (χ1n) is 6.56. The van der Waals surface area contributed by atoms with Crippen LogP contribution in [-0.4, -0.2) is 21.9 Å². The summed E-state index contributed by atoms with van der Waals surface area (Å²) in [6, 6.07) is 9.61. The average Bonchev–Trinajstić information content (AvgIpc) is 2.26. The number of carbonyl (C=O) groups excluding carboxylic acids is 1. The molecule has 0 amide bonds. The van der Waals surface area contributed by atoms with Gasteiger partial charge in [-0.2, -0.15) is 0 Å². The Balaban J connectivity index is 2.73. The van der Waals surface area contributed by atoms with Crippen LogP contribution in [-0.2, 0) is 16.0 Å². The standard InChI is InChI=1S/C15H22ClNO3/c1-14(2,3)20-13(18)12(15(16,17)19)10-9-11-7-5-4-6-8-11/h4-8,12,19H,9-10,17H2,1-3H3. The lowest BCUT2D eigenvalue weighted by atomic mass is 9.97. The first-order chi connectivity index (χ1) is 9.09. The van der Waals surface area contributed by atoms with E-state index in [2.05, 4.69) is 0 Å². The summed E-state index contributed by atoms with van der Waals surface area (Å²) in [4.78, 5) is 12.1. The molecule has 4 nitrogen and oxygen atoms in total. The zero-order valence-corrected chi connectivity index (χ0v) is 12.9. The molecule has 0 aromatic heterocycles. The number of alkyl halides is 1. The van der Waals surface area contributed by atoms with Gasteiger partial charge in [0.2, 0.25) is 5.18 Å². The first-order valence-corrected chi connectivity index (χ1v) is 6.94. The van der Waals surface area contributed by atoms with Crippen molar-refractivity contribution in [2.75, 3.05) is 0 Å². The van der Waals surface area contributed by atoms with E-state index in [0.29, 0.717) is 12.8 Å². The Labute approximate surface area is 124 Å². The van der Waals surface area contributed by atoms with Gasteiger partial charge in [-0.15, -0.1) is 0 Å². The predicted octanol–water partition coefficient (Wildman–Crippen LogP) is 2.42. The molecule has 112 valence electrons. The summed E-state index contributed by atoms with van der Waals surface area (Å²) in [6.07, 6.45) is 0.895. The van der Waals surface area contributed by atoms with E-state index >= 15 is 0 Å². The third kappa shape index (κ3) is 5.90. The van der Waals surface area contributed by atoms with Crippen LogP contribution in [0.2, 0.25) is 0 Å². The zero-order valence-electron chi connectivity index (χ0n) is 12.1. The maximum absolute atomic E-state index is 12.1. The summed E-state index contributed by atoms with van der Waals surface area (Å²) in [6.45, 7) is 5.26. The van der Waals surface area contributed by atoms with Crippen molar-refractivity contribution >= 4 is 17.6 Å². The minimum absolute atomic E-state index is 0.315. The summed E-state index contributed by atoms with van der Waals surface area (Å²) in [5.74, 6) is -1.57. The summed E-state index contributed by atoms with van der Waals surface area (Å²) >= 11 is 5.72. The van der Waals surface area contributed by atoms with Gasteiger partial charge >= 0.3 is 5.97 Å². The van der Waals surface area contributed by atoms with Crippen LogP contribution in [0.3, 0.4) is 0 Å². The van der Waals surface area contributed by atoms with Gasteiger partial charge in [0, 0.05) is 0 Å². The van der Waals surface area contributed by atoms with Crippen molar-refractivity contribution < 1.29 is 14.6 Å². The predicted molar refractivity (Wildman–Crippen MR) is 79.1 cm³/mol. The number of ether oxygens (including phenoxy) is 1. The maximum Gasteiger partial charge on any atom is 0.315 e.